The van der Waals surface area contributed by atoms with Crippen molar-refractivity contribution in [3.63, 3.8) is 0 Å². The number of hydrogen-bond donors (Lipinski definition) is 2. The predicted molar refractivity (Wildman–Crippen MR) is 91.2 cm³/mol. The van der Waals surface area contributed by atoms with Crippen molar-refractivity contribution in [2.75, 3.05) is 19.7 Å². The third-order valence-corrected chi connectivity index (χ3v) is 4.59. The number of hydrogen-bond acceptors (Lipinski definition) is 3. The largest absolute Gasteiger partial charge is 0.366 e. The molecule has 0 spiro atoms. The Morgan fingerprint density at radius 3 is 2.61 bits per heavy atom. The molecule has 0 radical (unpaired) electrons. The van der Waals surface area contributed by atoms with Gasteiger partial charge in [0.1, 0.15) is 6.10 Å². The molecular formula is C19H28N2O2. The van der Waals surface area contributed by atoms with Crippen LogP contribution in [0.4, 0.5) is 0 Å². The number of rotatable bonds is 6. The van der Waals surface area contributed by atoms with Crippen molar-refractivity contribution in [3.8, 4) is 0 Å². The van der Waals surface area contributed by atoms with Gasteiger partial charge in [0.15, 0.2) is 0 Å². The molecule has 0 bridgehead atoms. The molecule has 2 fully saturated rings. The lowest BCUT2D eigenvalue weighted by molar-refractivity contribution is -0.135. The Kier molecular flexibility index (Phi) is 5.34. The van der Waals surface area contributed by atoms with Gasteiger partial charge < -0.3 is 15.4 Å². The monoisotopic (exact) mass is 316 g/mol. The summed E-state index contributed by atoms with van der Waals surface area (Å²) in [6, 6.07) is 8.90. The third-order valence-electron chi connectivity index (χ3n) is 4.59. The van der Waals surface area contributed by atoms with Crippen molar-refractivity contribution in [2.24, 2.45) is 11.8 Å². The summed E-state index contributed by atoms with van der Waals surface area (Å²) in [5.74, 6) is 1.25. The Labute approximate surface area is 139 Å². The fraction of sp³-hybridized carbons (Fsp3) is 0.632. The van der Waals surface area contributed by atoms with Crippen LogP contribution in [0.15, 0.2) is 24.3 Å². The van der Waals surface area contributed by atoms with Gasteiger partial charge in [0.25, 0.3) is 5.91 Å². The van der Waals surface area contributed by atoms with Crippen LogP contribution < -0.4 is 10.6 Å². The number of carbonyl (C=O) groups is 1. The molecule has 4 nitrogen and oxygen atoms in total. The van der Waals surface area contributed by atoms with Gasteiger partial charge in [-0.15, -0.1) is 0 Å². The molecule has 2 unspecified atom stereocenters. The lowest BCUT2D eigenvalue weighted by Gasteiger charge is -2.26. The summed E-state index contributed by atoms with van der Waals surface area (Å²) in [5.41, 5.74) is 2.58. The minimum Gasteiger partial charge on any atom is -0.366 e. The normalized spacial score (nSPS) is 22.8. The smallest absolute Gasteiger partial charge is 0.250 e. The van der Waals surface area contributed by atoms with Gasteiger partial charge in [0, 0.05) is 13.1 Å². The summed E-state index contributed by atoms with van der Waals surface area (Å²) in [5, 5.41) is 6.43. The molecule has 4 heteroatoms. The van der Waals surface area contributed by atoms with Crippen LogP contribution in [0.2, 0.25) is 0 Å². The van der Waals surface area contributed by atoms with E-state index in [1.54, 1.807) is 0 Å². The first-order valence-corrected chi connectivity index (χ1v) is 8.85. The molecule has 23 heavy (non-hydrogen) atoms. The van der Waals surface area contributed by atoms with E-state index < -0.39 is 0 Å². The highest BCUT2D eigenvalue weighted by atomic mass is 16.5. The molecule has 1 aromatic rings. The molecular weight excluding hydrogens is 288 g/mol. The Balaban J connectivity index is 1.65. The van der Waals surface area contributed by atoms with Crippen LogP contribution in [0.5, 0.6) is 0 Å². The molecule has 1 saturated heterocycles. The Hall–Kier alpha value is -1.39. The van der Waals surface area contributed by atoms with Gasteiger partial charge in [-0.05, 0) is 42.2 Å². The van der Waals surface area contributed by atoms with Crippen LogP contribution >= 0.6 is 0 Å². The number of carbonyl (C=O) groups excluding carboxylic acids is 1. The maximum absolute atomic E-state index is 12.5. The van der Waals surface area contributed by atoms with Crippen LogP contribution in [-0.2, 0) is 16.0 Å². The summed E-state index contributed by atoms with van der Waals surface area (Å²) < 4.78 is 5.56. The van der Waals surface area contributed by atoms with E-state index in [2.05, 4.69) is 48.7 Å². The van der Waals surface area contributed by atoms with E-state index in [1.165, 1.54) is 24.0 Å². The zero-order chi connectivity index (χ0) is 16.2. The average Bonchev–Trinajstić information content (AvgIpc) is 3.38. The van der Waals surface area contributed by atoms with Crippen molar-refractivity contribution in [3.05, 3.63) is 35.4 Å². The van der Waals surface area contributed by atoms with E-state index in [9.17, 15) is 4.79 Å². The molecule has 3 rings (SSSR count). The van der Waals surface area contributed by atoms with E-state index in [1.807, 2.05) is 0 Å². The molecule has 0 aromatic heterocycles. The van der Waals surface area contributed by atoms with Crippen molar-refractivity contribution in [2.45, 2.75) is 45.3 Å². The van der Waals surface area contributed by atoms with Gasteiger partial charge in [-0.3, -0.25) is 4.79 Å². The second kappa shape index (κ2) is 7.45. The number of morpholine rings is 1. The molecule has 2 atom stereocenters. The number of benzene rings is 1. The van der Waals surface area contributed by atoms with E-state index in [0.29, 0.717) is 25.0 Å². The average molecular weight is 316 g/mol. The SMILES string of the molecule is CC(C)Cc1ccc(C(NC(=O)C2CNCCO2)C2CC2)cc1. The van der Waals surface area contributed by atoms with Gasteiger partial charge in [-0.25, -0.2) is 0 Å². The first-order chi connectivity index (χ1) is 11.1. The summed E-state index contributed by atoms with van der Waals surface area (Å²) in [4.78, 5) is 12.5. The zero-order valence-electron chi connectivity index (χ0n) is 14.2. The summed E-state index contributed by atoms with van der Waals surface area (Å²) >= 11 is 0. The Morgan fingerprint density at radius 2 is 2.04 bits per heavy atom. The van der Waals surface area contributed by atoms with E-state index in [-0.39, 0.29) is 18.1 Å². The van der Waals surface area contributed by atoms with Crippen LogP contribution in [0.1, 0.15) is 43.9 Å². The van der Waals surface area contributed by atoms with E-state index in [0.717, 1.165) is 13.0 Å². The minimum atomic E-state index is -0.356. The lowest BCUT2D eigenvalue weighted by Crippen LogP contribution is -2.48. The highest BCUT2D eigenvalue weighted by Crippen LogP contribution is 2.41. The highest BCUT2D eigenvalue weighted by molar-refractivity contribution is 5.81. The second-order valence-corrected chi connectivity index (χ2v) is 7.23. The number of ether oxygens (including phenoxy) is 1. The van der Waals surface area contributed by atoms with Crippen LogP contribution in [0.25, 0.3) is 0 Å². The maximum atomic E-state index is 12.5. The molecule has 1 aromatic carbocycles. The molecule has 2 aliphatic rings. The van der Waals surface area contributed by atoms with Crippen LogP contribution in [0, 0.1) is 11.8 Å². The fourth-order valence-electron chi connectivity index (χ4n) is 3.22. The van der Waals surface area contributed by atoms with Crippen LogP contribution in [-0.4, -0.2) is 31.7 Å². The standard InChI is InChI=1S/C19H28N2O2/c1-13(2)11-14-3-5-15(6-4-14)18(16-7-8-16)21-19(22)17-12-20-9-10-23-17/h3-6,13,16-18,20H,7-12H2,1-2H3,(H,21,22). The van der Waals surface area contributed by atoms with Crippen molar-refractivity contribution < 1.29 is 9.53 Å². The minimum absolute atomic E-state index is 0.0142. The Bertz CT molecular complexity index is 517. The molecule has 1 aliphatic carbocycles. The first kappa shape index (κ1) is 16.5. The Morgan fingerprint density at radius 1 is 1.30 bits per heavy atom. The summed E-state index contributed by atoms with van der Waals surface area (Å²) in [7, 11) is 0. The second-order valence-electron chi connectivity index (χ2n) is 7.23. The number of amides is 1. The third kappa shape index (κ3) is 4.55. The van der Waals surface area contributed by atoms with Gasteiger partial charge in [0.05, 0.1) is 12.6 Å². The number of nitrogens with one attached hydrogen (secondary N) is 2. The molecule has 1 amide bonds. The van der Waals surface area contributed by atoms with Crippen LogP contribution in [0.3, 0.4) is 0 Å². The van der Waals surface area contributed by atoms with Gasteiger partial charge in [-0.2, -0.15) is 0 Å². The van der Waals surface area contributed by atoms with Crippen molar-refractivity contribution >= 4 is 5.91 Å². The quantitative estimate of drug-likeness (QED) is 0.847. The van der Waals surface area contributed by atoms with Gasteiger partial charge >= 0.3 is 0 Å². The van der Waals surface area contributed by atoms with Crippen molar-refractivity contribution in [1.29, 1.82) is 0 Å². The van der Waals surface area contributed by atoms with Gasteiger partial charge in [-0.1, -0.05) is 38.1 Å². The molecule has 1 saturated carbocycles. The molecule has 1 heterocycles. The molecule has 1 aliphatic heterocycles. The van der Waals surface area contributed by atoms with Crippen molar-refractivity contribution in [1.82, 2.24) is 10.6 Å². The fourth-order valence-corrected chi connectivity index (χ4v) is 3.22. The topological polar surface area (TPSA) is 50.4 Å². The summed E-state index contributed by atoms with van der Waals surface area (Å²) in [6.07, 6.45) is 3.14. The molecule has 2 N–H and O–H groups in total. The maximum Gasteiger partial charge on any atom is 0.250 e. The predicted octanol–water partition coefficient (Wildman–Crippen LogP) is 2.44. The lowest BCUT2D eigenvalue weighted by atomic mass is 9.97. The zero-order valence-corrected chi connectivity index (χ0v) is 14.2. The molecule has 126 valence electrons. The van der Waals surface area contributed by atoms with E-state index in [4.69, 9.17) is 4.74 Å². The first-order valence-electron chi connectivity index (χ1n) is 8.85. The summed E-state index contributed by atoms with van der Waals surface area (Å²) in [6.45, 7) is 6.51. The highest BCUT2D eigenvalue weighted by Gasteiger charge is 2.35. The van der Waals surface area contributed by atoms with Gasteiger partial charge in [0.2, 0.25) is 0 Å². The van der Waals surface area contributed by atoms with E-state index >= 15 is 0 Å².